The van der Waals surface area contributed by atoms with Crippen LogP contribution >= 0.6 is 11.3 Å². The largest absolute Gasteiger partial charge is 0.310 e. The first-order valence-electron chi connectivity index (χ1n) is 24.1. The first-order valence-corrected chi connectivity index (χ1v) is 24.9. The van der Waals surface area contributed by atoms with Crippen LogP contribution in [0.15, 0.2) is 267 Å². The van der Waals surface area contributed by atoms with E-state index in [1.165, 1.54) is 98.3 Å². The second kappa shape index (κ2) is 16.2. The number of anilines is 6. The zero-order chi connectivity index (χ0) is 46.2. The van der Waals surface area contributed by atoms with Gasteiger partial charge in [-0.1, -0.05) is 194 Å². The van der Waals surface area contributed by atoms with Crippen LogP contribution in [0.1, 0.15) is 22.3 Å². The van der Waals surface area contributed by atoms with Gasteiger partial charge in [-0.3, -0.25) is 0 Å². The molecule has 0 fully saturated rings. The van der Waals surface area contributed by atoms with Crippen molar-refractivity contribution >= 4 is 65.6 Å². The number of hydrogen-bond acceptors (Lipinski definition) is 3. The van der Waals surface area contributed by atoms with Gasteiger partial charge in [0.05, 0.1) is 22.5 Å². The Morgan fingerprint density at radius 3 is 1.54 bits per heavy atom. The maximum Gasteiger partial charge on any atom is 0.0754 e. The smallest absolute Gasteiger partial charge is 0.0754 e. The summed E-state index contributed by atoms with van der Waals surface area (Å²) >= 11 is 1.87. The maximum absolute atomic E-state index is 2.46. The Bertz CT molecular complexity index is 3900. The highest BCUT2D eigenvalue weighted by atomic mass is 32.1. The van der Waals surface area contributed by atoms with E-state index in [-0.39, 0.29) is 0 Å². The molecule has 0 N–H and O–H groups in total. The van der Waals surface area contributed by atoms with Gasteiger partial charge < -0.3 is 9.80 Å². The number of rotatable bonds is 7. The van der Waals surface area contributed by atoms with Crippen molar-refractivity contribution in [3.8, 4) is 44.5 Å². The second-order valence-electron chi connectivity index (χ2n) is 18.4. The maximum atomic E-state index is 2.46. The Kier molecular flexibility index (Phi) is 9.33. The minimum atomic E-state index is -0.521. The third kappa shape index (κ3) is 6.12. The van der Waals surface area contributed by atoms with Crippen LogP contribution in [-0.4, -0.2) is 0 Å². The van der Waals surface area contributed by atoms with E-state index in [9.17, 15) is 0 Å². The van der Waals surface area contributed by atoms with E-state index in [1.807, 2.05) is 11.3 Å². The number of benzene rings is 11. The Labute approximate surface area is 412 Å². The first kappa shape index (κ1) is 40.3. The molecule has 2 nitrogen and oxygen atoms in total. The Hall–Kier alpha value is -8.76. The number of nitrogens with zero attached hydrogens (tertiary/aromatic N) is 2. The van der Waals surface area contributed by atoms with E-state index in [0.29, 0.717) is 0 Å². The topological polar surface area (TPSA) is 6.48 Å². The van der Waals surface area contributed by atoms with Gasteiger partial charge in [-0.05, 0) is 134 Å². The molecule has 0 saturated carbocycles. The van der Waals surface area contributed by atoms with Gasteiger partial charge >= 0.3 is 0 Å². The molecule has 12 aromatic rings. The third-order valence-corrected chi connectivity index (χ3v) is 15.8. The highest BCUT2D eigenvalue weighted by Gasteiger charge is 2.52. The molecule has 1 aliphatic carbocycles. The molecule has 3 heteroatoms. The molecule has 1 aliphatic heterocycles. The summed E-state index contributed by atoms with van der Waals surface area (Å²) in [6, 6.07) is 98.5. The summed E-state index contributed by atoms with van der Waals surface area (Å²) in [6.07, 6.45) is 0. The summed E-state index contributed by atoms with van der Waals surface area (Å²) in [5.74, 6) is 0. The first-order chi connectivity index (χ1) is 34.7. The number of fused-ring (bicyclic) bond motifs is 12. The SMILES string of the molecule is c1ccc(-c2ccc(N(c3ccc4sc5ccc(-c6cccc7c6-c6ccccc6C76c7ccccc7N(c7ccccc7)c7ccccc76)cc5c4c3)c3ccccc3-c3ccccc3)cc2)cc1. The van der Waals surface area contributed by atoms with Crippen molar-refractivity contribution in [2.24, 2.45) is 0 Å². The monoisotopic (exact) mass is 908 g/mol. The van der Waals surface area contributed by atoms with Crippen molar-refractivity contribution < 1.29 is 0 Å². The molecule has 0 atom stereocenters. The predicted molar refractivity (Wildman–Crippen MR) is 296 cm³/mol. The summed E-state index contributed by atoms with van der Waals surface area (Å²) in [6.45, 7) is 0. The van der Waals surface area contributed by atoms with Crippen LogP contribution in [0.5, 0.6) is 0 Å². The summed E-state index contributed by atoms with van der Waals surface area (Å²) in [5, 5.41) is 2.52. The minimum absolute atomic E-state index is 0.521. The minimum Gasteiger partial charge on any atom is -0.310 e. The van der Waals surface area contributed by atoms with E-state index >= 15 is 0 Å². The van der Waals surface area contributed by atoms with Gasteiger partial charge in [-0.15, -0.1) is 11.3 Å². The second-order valence-corrected chi connectivity index (χ2v) is 19.4. The highest BCUT2D eigenvalue weighted by molar-refractivity contribution is 7.25. The summed E-state index contributed by atoms with van der Waals surface area (Å²) in [7, 11) is 0. The molecule has 2 heterocycles. The molecule has 328 valence electrons. The van der Waals surface area contributed by atoms with Gasteiger partial charge in [-0.2, -0.15) is 0 Å². The van der Waals surface area contributed by atoms with Gasteiger partial charge in [0.1, 0.15) is 0 Å². The van der Waals surface area contributed by atoms with Crippen LogP contribution < -0.4 is 9.80 Å². The van der Waals surface area contributed by atoms with Crippen LogP contribution in [-0.2, 0) is 5.41 Å². The van der Waals surface area contributed by atoms with Gasteiger partial charge in [0, 0.05) is 42.8 Å². The molecular formula is C67H44N2S. The molecule has 0 saturated heterocycles. The lowest BCUT2D eigenvalue weighted by Crippen LogP contribution is -2.36. The lowest BCUT2D eigenvalue weighted by atomic mass is 9.64. The van der Waals surface area contributed by atoms with E-state index in [0.717, 1.165) is 22.7 Å². The fourth-order valence-corrected chi connectivity index (χ4v) is 12.8. The van der Waals surface area contributed by atoms with Crippen molar-refractivity contribution in [1.82, 2.24) is 0 Å². The molecule has 0 unspecified atom stereocenters. The summed E-state index contributed by atoms with van der Waals surface area (Å²) in [4.78, 5) is 4.88. The van der Waals surface area contributed by atoms with Crippen LogP contribution in [0.4, 0.5) is 34.1 Å². The molecule has 1 spiro atoms. The quantitative estimate of drug-likeness (QED) is 0.157. The van der Waals surface area contributed by atoms with Gasteiger partial charge in [-0.25, -0.2) is 0 Å². The van der Waals surface area contributed by atoms with Crippen molar-refractivity contribution in [2.75, 3.05) is 9.80 Å². The van der Waals surface area contributed by atoms with Crippen molar-refractivity contribution in [1.29, 1.82) is 0 Å². The molecule has 1 aromatic heterocycles. The number of hydrogen-bond donors (Lipinski definition) is 0. The van der Waals surface area contributed by atoms with Crippen molar-refractivity contribution in [3.63, 3.8) is 0 Å². The lowest BCUT2D eigenvalue weighted by molar-refractivity contribution is 0.753. The zero-order valence-corrected chi connectivity index (χ0v) is 39.0. The van der Waals surface area contributed by atoms with Gasteiger partial charge in [0.15, 0.2) is 0 Å². The fourth-order valence-electron chi connectivity index (χ4n) is 11.7. The molecular weight excluding hydrogens is 865 g/mol. The van der Waals surface area contributed by atoms with Crippen molar-refractivity contribution in [2.45, 2.75) is 5.41 Å². The van der Waals surface area contributed by atoms with E-state index in [1.54, 1.807) is 0 Å². The molecule has 0 radical (unpaired) electrons. The van der Waals surface area contributed by atoms with Crippen LogP contribution in [0.2, 0.25) is 0 Å². The van der Waals surface area contributed by atoms with E-state index in [4.69, 9.17) is 0 Å². The molecule has 70 heavy (non-hydrogen) atoms. The molecule has 14 rings (SSSR count). The highest BCUT2D eigenvalue weighted by Crippen LogP contribution is 2.64. The Balaban J connectivity index is 0.949. The van der Waals surface area contributed by atoms with E-state index in [2.05, 4.69) is 277 Å². The molecule has 2 aliphatic rings. The molecule has 0 bridgehead atoms. The normalized spacial score (nSPS) is 12.9. The zero-order valence-electron chi connectivity index (χ0n) is 38.2. The van der Waals surface area contributed by atoms with Gasteiger partial charge in [0.2, 0.25) is 0 Å². The van der Waals surface area contributed by atoms with E-state index < -0.39 is 5.41 Å². The molecule has 0 amide bonds. The average Bonchev–Trinajstić information content (AvgIpc) is 3.95. The fraction of sp³-hybridized carbons (Fsp3) is 0.0149. The van der Waals surface area contributed by atoms with Crippen LogP contribution in [0.25, 0.3) is 64.7 Å². The molecule has 11 aromatic carbocycles. The van der Waals surface area contributed by atoms with Crippen molar-refractivity contribution in [3.05, 3.63) is 289 Å². The standard InChI is InChI=1S/C67H44N2S/c1-4-19-45(20-5-1)46-35-38-50(39-36-46)68(61-32-15-11-25-52(61)47-21-6-2-7-22-47)51-40-42-65-56(44-51)55-43-48(37-41-64(55)70-65)53-27-18-31-60-66(53)54-26-10-12-28-57(54)67(60)58-29-13-16-33-62(58)69(49-23-8-3-9-24-49)63-34-17-14-30-59(63)67/h1-44H. The Morgan fingerprint density at radius 1 is 0.329 bits per heavy atom. The number of para-hydroxylation sites is 4. The Morgan fingerprint density at radius 2 is 0.829 bits per heavy atom. The summed E-state index contributed by atoms with van der Waals surface area (Å²) in [5.41, 5.74) is 21.4. The summed E-state index contributed by atoms with van der Waals surface area (Å²) < 4.78 is 2.55. The van der Waals surface area contributed by atoms with Gasteiger partial charge in [0.25, 0.3) is 0 Å². The lowest BCUT2D eigenvalue weighted by Gasteiger charge is -2.45. The van der Waals surface area contributed by atoms with Crippen LogP contribution in [0, 0.1) is 0 Å². The van der Waals surface area contributed by atoms with Crippen LogP contribution in [0.3, 0.4) is 0 Å². The number of thiophene rings is 1. The predicted octanol–water partition coefficient (Wildman–Crippen LogP) is 18.7. The third-order valence-electron chi connectivity index (χ3n) is 14.7. The average molecular weight is 909 g/mol.